The standard InChI is InChI=1S/C15H23BrFN/c1-4-5-6-14(18-11(2)3)10-12-9-13(17)7-8-15(12)16/h7-9,11,14,18H,4-6,10H2,1-3H3. The van der Waals surface area contributed by atoms with Crippen molar-refractivity contribution in [2.45, 2.75) is 58.5 Å². The number of benzene rings is 1. The van der Waals surface area contributed by atoms with Gasteiger partial charge in [-0.15, -0.1) is 0 Å². The number of halogens is 2. The highest BCUT2D eigenvalue weighted by atomic mass is 79.9. The summed E-state index contributed by atoms with van der Waals surface area (Å²) in [6.07, 6.45) is 4.41. The maximum absolute atomic E-state index is 13.3. The number of unbranched alkanes of at least 4 members (excludes halogenated alkanes) is 1. The third-order valence-corrected chi connectivity index (χ3v) is 3.72. The van der Waals surface area contributed by atoms with Gasteiger partial charge >= 0.3 is 0 Å². The highest BCUT2D eigenvalue weighted by Crippen LogP contribution is 2.20. The molecule has 0 bridgehead atoms. The molecule has 0 aliphatic carbocycles. The fourth-order valence-corrected chi connectivity index (χ4v) is 2.54. The smallest absolute Gasteiger partial charge is 0.123 e. The summed E-state index contributed by atoms with van der Waals surface area (Å²) in [6, 6.07) is 5.79. The molecular formula is C15H23BrFN. The van der Waals surface area contributed by atoms with Crippen LogP contribution in [0, 0.1) is 5.82 Å². The number of hydrogen-bond donors (Lipinski definition) is 1. The van der Waals surface area contributed by atoms with Crippen LogP contribution in [0.25, 0.3) is 0 Å². The summed E-state index contributed by atoms with van der Waals surface area (Å²) < 4.78 is 14.3. The van der Waals surface area contributed by atoms with E-state index in [9.17, 15) is 4.39 Å². The first-order valence-electron chi connectivity index (χ1n) is 6.73. The van der Waals surface area contributed by atoms with Crippen molar-refractivity contribution in [2.75, 3.05) is 0 Å². The molecule has 1 nitrogen and oxygen atoms in total. The summed E-state index contributed by atoms with van der Waals surface area (Å²) in [7, 11) is 0. The van der Waals surface area contributed by atoms with Gasteiger partial charge in [-0.25, -0.2) is 4.39 Å². The highest BCUT2D eigenvalue weighted by molar-refractivity contribution is 9.10. The van der Waals surface area contributed by atoms with Gasteiger partial charge in [-0.2, -0.15) is 0 Å². The number of rotatable bonds is 7. The highest BCUT2D eigenvalue weighted by Gasteiger charge is 2.12. The molecule has 1 unspecified atom stereocenters. The molecule has 1 aromatic rings. The van der Waals surface area contributed by atoms with E-state index in [2.05, 4.69) is 42.0 Å². The Morgan fingerprint density at radius 1 is 1.33 bits per heavy atom. The first kappa shape index (κ1) is 15.6. The zero-order valence-corrected chi connectivity index (χ0v) is 13.1. The normalized spacial score (nSPS) is 13.0. The third-order valence-electron chi connectivity index (χ3n) is 2.95. The van der Waals surface area contributed by atoms with Gasteiger partial charge in [0.15, 0.2) is 0 Å². The first-order valence-corrected chi connectivity index (χ1v) is 7.52. The van der Waals surface area contributed by atoms with Crippen molar-refractivity contribution < 1.29 is 4.39 Å². The molecule has 0 saturated carbocycles. The van der Waals surface area contributed by atoms with Crippen LogP contribution in [0.5, 0.6) is 0 Å². The predicted molar refractivity (Wildman–Crippen MR) is 79.4 cm³/mol. The van der Waals surface area contributed by atoms with Crippen LogP contribution < -0.4 is 5.32 Å². The Kier molecular flexibility index (Phi) is 6.87. The third kappa shape index (κ3) is 5.49. The van der Waals surface area contributed by atoms with Gasteiger partial charge in [-0.05, 0) is 36.6 Å². The molecule has 1 atom stereocenters. The van der Waals surface area contributed by atoms with Crippen LogP contribution in [0.1, 0.15) is 45.6 Å². The Labute approximate surface area is 118 Å². The van der Waals surface area contributed by atoms with Crippen LogP contribution in [0.3, 0.4) is 0 Å². The summed E-state index contributed by atoms with van der Waals surface area (Å²) in [5, 5.41) is 3.57. The van der Waals surface area contributed by atoms with E-state index < -0.39 is 0 Å². The van der Waals surface area contributed by atoms with Crippen molar-refractivity contribution in [2.24, 2.45) is 0 Å². The molecule has 0 aliphatic heterocycles. The molecule has 0 aromatic heterocycles. The second kappa shape index (κ2) is 7.90. The predicted octanol–water partition coefficient (Wildman–Crippen LogP) is 4.69. The van der Waals surface area contributed by atoms with E-state index in [0.29, 0.717) is 12.1 Å². The van der Waals surface area contributed by atoms with Gasteiger partial charge in [0.05, 0.1) is 0 Å². The van der Waals surface area contributed by atoms with Gasteiger partial charge in [0, 0.05) is 16.6 Å². The summed E-state index contributed by atoms with van der Waals surface area (Å²) in [4.78, 5) is 0. The van der Waals surface area contributed by atoms with E-state index in [4.69, 9.17) is 0 Å². The van der Waals surface area contributed by atoms with Crippen molar-refractivity contribution in [1.29, 1.82) is 0 Å². The summed E-state index contributed by atoms with van der Waals surface area (Å²) in [6.45, 7) is 6.50. The second-order valence-corrected chi connectivity index (χ2v) is 5.95. The molecule has 0 fully saturated rings. The van der Waals surface area contributed by atoms with E-state index in [0.717, 1.165) is 22.9 Å². The molecule has 0 amide bonds. The van der Waals surface area contributed by atoms with Gasteiger partial charge in [-0.1, -0.05) is 49.5 Å². The molecule has 1 rings (SSSR count). The van der Waals surface area contributed by atoms with E-state index in [-0.39, 0.29) is 5.82 Å². The van der Waals surface area contributed by atoms with Crippen LogP contribution in [0.2, 0.25) is 0 Å². The fourth-order valence-electron chi connectivity index (χ4n) is 2.13. The topological polar surface area (TPSA) is 12.0 Å². The molecule has 0 radical (unpaired) electrons. The van der Waals surface area contributed by atoms with Crippen LogP contribution in [-0.4, -0.2) is 12.1 Å². The minimum absolute atomic E-state index is 0.160. The number of nitrogens with one attached hydrogen (secondary N) is 1. The van der Waals surface area contributed by atoms with Crippen LogP contribution in [0.15, 0.2) is 22.7 Å². The van der Waals surface area contributed by atoms with Crippen molar-refractivity contribution in [3.63, 3.8) is 0 Å². The molecule has 0 aliphatic rings. The van der Waals surface area contributed by atoms with E-state index in [1.807, 2.05) is 0 Å². The summed E-state index contributed by atoms with van der Waals surface area (Å²) in [5.41, 5.74) is 1.05. The van der Waals surface area contributed by atoms with Gasteiger partial charge in [0.2, 0.25) is 0 Å². The number of hydrogen-bond acceptors (Lipinski definition) is 1. The molecule has 102 valence electrons. The monoisotopic (exact) mass is 315 g/mol. The lowest BCUT2D eigenvalue weighted by Gasteiger charge is -2.22. The van der Waals surface area contributed by atoms with Gasteiger partial charge in [0.25, 0.3) is 0 Å². The Morgan fingerprint density at radius 3 is 2.67 bits per heavy atom. The van der Waals surface area contributed by atoms with Crippen molar-refractivity contribution >= 4 is 15.9 Å². The van der Waals surface area contributed by atoms with Gasteiger partial charge in [0.1, 0.15) is 5.82 Å². The summed E-state index contributed by atoms with van der Waals surface area (Å²) >= 11 is 3.50. The second-order valence-electron chi connectivity index (χ2n) is 5.10. The molecule has 1 N–H and O–H groups in total. The zero-order valence-electron chi connectivity index (χ0n) is 11.5. The Balaban J connectivity index is 2.71. The Morgan fingerprint density at radius 2 is 2.06 bits per heavy atom. The molecule has 0 heterocycles. The minimum Gasteiger partial charge on any atom is -0.311 e. The first-order chi connectivity index (χ1) is 8.52. The van der Waals surface area contributed by atoms with Gasteiger partial charge < -0.3 is 5.32 Å². The molecule has 0 saturated heterocycles. The van der Waals surface area contributed by atoms with Crippen molar-refractivity contribution in [1.82, 2.24) is 5.32 Å². The zero-order chi connectivity index (χ0) is 13.5. The minimum atomic E-state index is -0.160. The van der Waals surface area contributed by atoms with Crippen molar-refractivity contribution in [3.05, 3.63) is 34.1 Å². The molecule has 0 spiro atoms. The van der Waals surface area contributed by atoms with Crippen molar-refractivity contribution in [3.8, 4) is 0 Å². The summed E-state index contributed by atoms with van der Waals surface area (Å²) in [5.74, 6) is -0.160. The van der Waals surface area contributed by atoms with E-state index >= 15 is 0 Å². The molecule has 1 aromatic carbocycles. The Hall–Kier alpha value is -0.410. The lowest BCUT2D eigenvalue weighted by molar-refractivity contribution is 0.424. The largest absolute Gasteiger partial charge is 0.311 e. The lowest BCUT2D eigenvalue weighted by Crippen LogP contribution is -2.36. The average Bonchev–Trinajstić information content (AvgIpc) is 2.30. The molecule has 18 heavy (non-hydrogen) atoms. The van der Waals surface area contributed by atoms with Crippen LogP contribution >= 0.6 is 15.9 Å². The molecule has 3 heteroatoms. The van der Waals surface area contributed by atoms with Crippen LogP contribution in [0.4, 0.5) is 4.39 Å². The molecular weight excluding hydrogens is 293 g/mol. The van der Waals surface area contributed by atoms with E-state index in [1.54, 1.807) is 12.1 Å². The Bertz CT molecular complexity index is 366. The lowest BCUT2D eigenvalue weighted by atomic mass is 10.0. The average molecular weight is 316 g/mol. The van der Waals surface area contributed by atoms with Gasteiger partial charge in [-0.3, -0.25) is 0 Å². The van der Waals surface area contributed by atoms with E-state index in [1.165, 1.54) is 18.9 Å². The SMILES string of the molecule is CCCCC(Cc1cc(F)ccc1Br)NC(C)C. The quantitative estimate of drug-likeness (QED) is 0.769. The maximum Gasteiger partial charge on any atom is 0.123 e. The maximum atomic E-state index is 13.3. The van der Waals surface area contributed by atoms with Crippen LogP contribution in [-0.2, 0) is 6.42 Å². The fraction of sp³-hybridized carbons (Fsp3) is 0.600.